The molecule has 2 rings (SSSR count). The van der Waals surface area contributed by atoms with Gasteiger partial charge in [-0.05, 0) is 52.7 Å². The average molecular weight is 425 g/mol. The zero-order chi connectivity index (χ0) is 19.1. The third-order valence-electron chi connectivity index (χ3n) is 3.37. The monoisotopic (exact) mass is 424 g/mol. The van der Waals surface area contributed by atoms with Crippen molar-refractivity contribution in [1.82, 2.24) is 10.9 Å². The number of amides is 2. The number of rotatable bonds is 6. The molecule has 0 aliphatic carbocycles. The van der Waals surface area contributed by atoms with Crippen molar-refractivity contribution in [2.24, 2.45) is 0 Å². The first-order valence-corrected chi connectivity index (χ1v) is 8.57. The van der Waals surface area contributed by atoms with Gasteiger partial charge in [0.2, 0.25) is 5.91 Å². The number of nitrogens with one attached hydrogen (secondary N) is 2. The summed E-state index contributed by atoms with van der Waals surface area (Å²) in [6, 6.07) is 8.62. The van der Waals surface area contributed by atoms with Gasteiger partial charge in [-0.3, -0.25) is 20.4 Å². The van der Waals surface area contributed by atoms with Crippen LogP contribution in [0, 0.1) is 5.82 Å². The highest BCUT2D eigenvalue weighted by atomic mass is 79.9. The fourth-order valence-corrected chi connectivity index (χ4v) is 2.72. The molecule has 0 saturated carbocycles. The zero-order valence-corrected chi connectivity index (χ0v) is 15.9. The first-order chi connectivity index (χ1) is 12.4. The summed E-state index contributed by atoms with van der Waals surface area (Å²) in [5.74, 6) is -0.435. The first kappa shape index (κ1) is 19.7. The van der Waals surface area contributed by atoms with Crippen LogP contribution in [0.4, 0.5) is 4.39 Å². The van der Waals surface area contributed by atoms with E-state index in [0.717, 1.165) is 0 Å². The highest BCUT2D eigenvalue weighted by Gasteiger charge is 2.16. The van der Waals surface area contributed by atoms with Gasteiger partial charge in [0, 0.05) is 5.56 Å². The van der Waals surface area contributed by atoms with Gasteiger partial charge in [-0.2, -0.15) is 0 Å². The van der Waals surface area contributed by atoms with Crippen molar-refractivity contribution in [3.05, 3.63) is 57.8 Å². The quantitative estimate of drug-likeness (QED) is 0.698. The second-order valence-corrected chi connectivity index (χ2v) is 6.08. The molecular weight excluding hydrogens is 407 g/mol. The topological polar surface area (TPSA) is 76.7 Å². The molecule has 0 spiro atoms. The van der Waals surface area contributed by atoms with E-state index in [1.54, 1.807) is 6.07 Å². The second-order valence-electron chi connectivity index (χ2n) is 5.23. The van der Waals surface area contributed by atoms with Crippen LogP contribution < -0.4 is 20.3 Å². The number of halogens is 2. The van der Waals surface area contributed by atoms with Gasteiger partial charge >= 0.3 is 0 Å². The molecule has 2 aromatic carbocycles. The standard InChI is InChI=1S/C18H18BrFN2O4/c1-3-26-17-14(19)9-12(10-15(17)25-2)18(24)22-21-16(23)8-11-4-6-13(20)7-5-11/h4-7,9-10H,3,8H2,1-2H3,(H,21,23)(H,22,24). The van der Waals surface area contributed by atoms with E-state index in [1.165, 1.54) is 37.4 Å². The smallest absolute Gasteiger partial charge is 0.269 e. The van der Waals surface area contributed by atoms with Crippen LogP contribution in [0.2, 0.25) is 0 Å². The number of carbonyl (C=O) groups is 2. The van der Waals surface area contributed by atoms with Gasteiger partial charge in [-0.25, -0.2) is 4.39 Å². The Hall–Kier alpha value is -2.61. The summed E-state index contributed by atoms with van der Waals surface area (Å²) in [5, 5.41) is 0. The van der Waals surface area contributed by atoms with Gasteiger partial charge in [0.15, 0.2) is 11.5 Å². The molecule has 2 aromatic rings. The Morgan fingerprint density at radius 2 is 1.85 bits per heavy atom. The zero-order valence-electron chi connectivity index (χ0n) is 14.3. The lowest BCUT2D eigenvalue weighted by atomic mass is 10.1. The summed E-state index contributed by atoms with van der Waals surface area (Å²) in [7, 11) is 1.47. The molecule has 0 aromatic heterocycles. The van der Waals surface area contributed by atoms with Gasteiger partial charge in [-0.1, -0.05) is 12.1 Å². The molecular formula is C18H18BrFN2O4. The molecule has 2 amide bonds. The molecule has 0 unspecified atom stereocenters. The number of ether oxygens (including phenoxy) is 2. The van der Waals surface area contributed by atoms with Gasteiger partial charge < -0.3 is 9.47 Å². The fraction of sp³-hybridized carbons (Fsp3) is 0.222. The largest absolute Gasteiger partial charge is 0.493 e. The fourth-order valence-electron chi connectivity index (χ4n) is 2.17. The minimum absolute atomic E-state index is 0.0108. The summed E-state index contributed by atoms with van der Waals surface area (Å²) in [4.78, 5) is 24.1. The third-order valence-corrected chi connectivity index (χ3v) is 3.96. The minimum atomic E-state index is -0.514. The van der Waals surface area contributed by atoms with Crippen LogP contribution in [0.5, 0.6) is 11.5 Å². The number of carbonyl (C=O) groups excluding carboxylic acids is 2. The molecule has 0 aliphatic heterocycles. The molecule has 138 valence electrons. The van der Waals surface area contributed by atoms with Crippen molar-refractivity contribution in [2.75, 3.05) is 13.7 Å². The molecule has 6 nitrogen and oxygen atoms in total. The Morgan fingerprint density at radius 1 is 1.15 bits per heavy atom. The lowest BCUT2D eigenvalue weighted by Crippen LogP contribution is -2.42. The predicted molar refractivity (Wildman–Crippen MR) is 97.6 cm³/mol. The maximum Gasteiger partial charge on any atom is 0.269 e. The average Bonchev–Trinajstić information content (AvgIpc) is 2.63. The van der Waals surface area contributed by atoms with Gasteiger partial charge in [0.1, 0.15) is 5.82 Å². The summed E-state index contributed by atoms with van der Waals surface area (Å²) in [6.07, 6.45) is 0.0108. The SMILES string of the molecule is CCOc1c(Br)cc(C(=O)NNC(=O)Cc2ccc(F)cc2)cc1OC. The van der Waals surface area contributed by atoms with Crippen molar-refractivity contribution in [1.29, 1.82) is 0 Å². The van der Waals surface area contributed by atoms with E-state index in [2.05, 4.69) is 26.8 Å². The molecule has 26 heavy (non-hydrogen) atoms. The summed E-state index contributed by atoms with van der Waals surface area (Å²) in [6.45, 7) is 2.28. The van der Waals surface area contributed by atoms with E-state index < -0.39 is 11.8 Å². The predicted octanol–water partition coefficient (Wildman–Crippen LogP) is 3.00. The molecule has 2 N–H and O–H groups in total. The summed E-state index contributed by atoms with van der Waals surface area (Å²) >= 11 is 3.34. The van der Waals surface area contributed by atoms with Crippen molar-refractivity contribution < 1.29 is 23.5 Å². The van der Waals surface area contributed by atoms with Gasteiger partial charge in [0.05, 0.1) is 24.6 Å². The summed E-state index contributed by atoms with van der Waals surface area (Å²) in [5.41, 5.74) is 5.56. The highest BCUT2D eigenvalue weighted by molar-refractivity contribution is 9.10. The number of benzene rings is 2. The number of hydrogen-bond donors (Lipinski definition) is 2. The summed E-state index contributed by atoms with van der Waals surface area (Å²) < 4.78 is 24.1. The van der Waals surface area contributed by atoms with Crippen LogP contribution in [0.1, 0.15) is 22.8 Å². The second kappa shape index (κ2) is 9.19. The lowest BCUT2D eigenvalue weighted by molar-refractivity contribution is -0.121. The van der Waals surface area contributed by atoms with Crippen molar-refractivity contribution >= 4 is 27.7 Å². The molecule has 0 heterocycles. The molecule has 0 radical (unpaired) electrons. The number of methoxy groups -OCH3 is 1. The molecule has 0 fully saturated rings. The maximum absolute atomic E-state index is 12.9. The van der Waals surface area contributed by atoms with Gasteiger partial charge in [0.25, 0.3) is 5.91 Å². The van der Waals surface area contributed by atoms with E-state index in [9.17, 15) is 14.0 Å². The molecule has 0 aliphatic rings. The van der Waals surface area contributed by atoms with Gasteiger partial charge in [-0.15, -0.1) is 0 Å². The molecule has 0 bridgehead atoms. The molecule has 0 saturated heterocycles. The van der Waals surface area contributed by atoms with Crippen LogP contribution in [0.25, 0.3) is 0 Å². The maximum atomic E-state index is 12.9. The number of hydrazine groups is 1. The van der Waals surface area contributed by atoms with Crippen molar-refractivity contribution in [3.8, 4) is 11.5 Å². The van der Waals surface area contributed by atoms with E-state index in [0.29, 0.717) is 28.1 Å². The Bertz CT molecular complexity index is 797. The Kier molecular flexibility index (Phi) is 6.97. The Morgan fingerprint density at radius 3 is 2.46 bits per heavy atom. The minimum Gasteiger partial charge on any atom is -0.493 e. The van der Waals surface area contributed by atoms with Crippen LogP contribution in [-0.4, -0.2) is 25.5 Å². The van der Waals surface area contributed by atoms with E-state index >= 15 is 0 Å². The van der Waals surface area contributed by atoms with E-state index in [-0.39, 0.29) is 17.8 Å². The normalized spacial score (nSPS) is 10.2. The molecule has 8 heteroatoms. The number of hydrogen-bond acceptors (Lipinski definition) is 4. The highest BCUT2D eigenvalue weighted by Crippen LogP contribution is 2.36. The van der Waals surface area contributed by atoms with Crippen LogP contribution in [0.3, 0.4) is 0 Å². The van der Waals surface area contributed by atoms with Crippen LogP contribution >= 0.6 is 15.9 Å². The van der Waals surface area contributed by atoms with E-state index in [4.69, 9.17) is 9.47 Å². The lowest BCUT2D eigenvalue weighted by Gasteiger charge is -2.13. The van der Waals surface area contributed by atoms with Crippen LogP contribution in [-0.2, 0) is 11.2 Å². The Labute approximate surface area is 158 Å². The van der Waals surface area contributed by atoms with Crippen molar-refractivity contribution in [2.45, 2.75) is 13.3 Å². The van der Waals surface area contributed by atoms with Crippen LogP contribution in [0.15, 0.2) is 40.9 Å². The Balaban J connectivity index is 1.99. The van der Waals surface area contributed by atoms with Crippen molar-refractivity contribution in [3.63, 3.8) is 0 Å². The van der Waals surface area contributed by atoms with E-state index in [1.807, 2.05) is 6.92 Å². The third kappa shape index (κ3) is 5.19. The molecule has 0 atom stereocenters. The first-order valence-electron chi connectivity index (χ1n) is 7.78.